The van der Waals surface area contributed by atoms with Crippen LogP contribution >= 0.6 is 11.3 Å². The number of hydrogen-bond donors (Lipinski definition) is 2. The van der Waals surface area contributed by atoms with E-state index < -0.39 is 0 Å². The fourth-order valence-electron chi connectivity index (χ4n) is 2.96. The molecule has 1 fully saturated rings. The van der Waals surface area contributed by atoms with Crippen molar-refractivity contribution in [2.24, 2.45) is 5.92 Å². The van der Waals surface area contributed by atoms with Gasteiger partial charge in [-0.05, 0) is 60.7 Å². The number of amides is 1. The summed E-state index contributed by atoms with van der Waals surface area (Å²) in [5.41, 5.74) is 1.23. The summed E-state index contributed by atoms with van der Waals surface area (Å²) in [5.74, 6) is 0.905. The molecule has 0 saturated carbocycles. The molecule has 1 amide bonds. The molecule has 2 heterocycles. The second kappa shape index (κ2) is 7.05. The minimum Gasteiger partial charge on any atom is -0.352 e. The van der Waals surface area contributed by atoms with Gasteiger partial charge in [0, 0.05) is 17.7 Å². The van der Waals surface area contributed by atoms with Crippen LogP contribution in [0.3, 0.4) is 0 Å². The third-order valence-electron chi connectivity index (χ3n) is 4.28. The number of carbonyl (C=O) groups excluding carboxylic acids is 1. The fourth-order valence-corrected chi connectivity index (χ4v) is 3.92. The number of nitrogens with one attached hydrogen (secondary N) is 2. The van der Waals surface area contributed by atoms with Gasteiger partial charge in [-0.15, -0.1) is 11.3 Å². The van der Waals surface area contributed by atoms with Crippen LogP contribution in [0.1, 0.15) is 31.2 Å². The van der Waals surface area contributed by atoms with E-state index in [0.29, 0.717) is 13.0 Å². The van der Waals surface area contributed by atoms with Gasteiger partial charge < -0.3 is 10.6 Å². The number of piperidine rings is 1. The molecule has 0 atom stereocenters. The van der Waals surface area contributed by atoms with Gasteiger partial charge in [0.25, 0.3) is 0 Å². The highest BCUT2D eigenvalue weighted by molar-refractivity contribution is 7.17. The van der Waals surface area contributed by atoms with Crippen molar-refractivity contribution in [3.8, 4) is 0 Å². The number of benzene rings is 1. The predicted octanol–water partition coefficient (Wildman–Crippen LogP) is 3.30. The normalized spacial score (nSPS) is 16.2. The largest absolute Gasteiger partial charge is 0.352 e. The summed E-state index contributed by atoms with van der Waals surface area (Å²) >= 11 is 1.74. The van der Waals surface area contributed by atoms with Crippen molar-refractivity contribution in [1.29, 1.82) is 0 Å². The van der Waals surface area contributed by atoms with E-state index in [2.05, 4.69) is 40.3 Å². The van der Waals surface area contributed by atoms with Gasteiger partial charge in [-0.3, -0.25) is 4.79 Å². The number of hydrogen-bond acceptors (Lipinski definition) is 3. The lowest BCUT2D eigenvalue weighted by Gasteiger charge is -2.22. The number of rotatable bonds is 5. The van der Waals surface area contributed by atoms with Gasteiger partial charge in [0.1, 0.15) is 0 Å². The second-order valence-electron chi connectivity index (χ2n) is 5.77. The Morgan fingerprint density at radius 2 is 2.10 bits per heavy atom. The molecule has 1 aromatic heterocycles. The SMILES string of the molecule is O=C(CCC1CCNCC1)NCc1csc2ccccc12. The molecule has 0 aliphatic carbocycles. The molecule has 4 heteroatoms. The van der Waals surface area contributed by atoms with Crippen LogP contribution in [-0.2, 0) is 11.3 Å². The summed E-state index contributed by atoms with van der Waals surface area (Å²) in [6.07, 6.45) is 4.11. The van der Waals surface area contributed by atoms with Crippen LogP contribution in [0.5, 0.6) is 0 Å². The molecule has 21 heavy (non-hydrogen) atoms. The lowest BCUT2D eigenvalue weighted by atomic mass is 9.93. The van der Waals surface area contributed by atoms with Crippen LogP contribution in [0, 0.1) is 5.92 Å². The first-order chi connectivity index (χ1) is 10.3. The lowest BCUT2D eigenvalue weighted by molar-refractivity contribution is -0.121. The minimum atomic E-state index is 0.184. The Morgan fingerprint density at radius 1 is 1.29 bits per heavy atom. The van der Waals surface area contributed by atoms with Gasteiger partial charge in [0.2, 0.25) is 5.91 Å². The molecule has 3 nitrogen and oxygen atoms in total. The maximum atomic E-state index is 12.0. The predicted molar refractivity (Wildman–Crippen MR) is 88.5 cm³/mol. The molecule has 0 spiro atoms. The number of thiophene rings is 1. The Morgan fingerprint density at radius 3 is 2.95 bits per heavy atom. The molecule has 0 unspecified atom stereocenters. The van der Waals surface area contributed by atoms with Crippen LogP contribution in [0.15, 0.2) is 29.6 Å². The molecule has 2 N–H and O–H groups in total. The highest BCUT2D eigenvalue weighted by Gasteiger charge is 2.14. The number of fused-ring (bicyclic) bond motifs is 1. The summed E-state index contributed by atoms with van der Waals surface area (Å²) < 4.78 is 1.29. The van der Waals surface area contributed by atoms with E-state index >= 15 is 0 Å². The second-order valence-corrected chi connectivity index (χ2v) is 6.68. The average molecular weight is 302 g/mol. The van der Waals surface area contributed by atoms with E-state index in [9.17, 15) is 4.79 Å². The van der Waals surface area contributed by atoms with Crippen molar-refractivity contribution >= 4 is 27.3 Å². The zero-order chi connectivity index (χ0) is 14.5. The lowest BCUT2D eigenvalue weighted by Crippen LogP contribution is -2.29. The average Bonchev–Trinajstić information content (AvgIpc) is 2.95. The van der Waals surface area contributed by atoms with E-state index in [0.717, 1.165) is 25.4 Å². The zero-order valence-corrected chi connectivity index (χ0v) is 13.0. The molecular weight excluding hydrogens is 280 g/mol. The van der Waals surface area contributed by atoms with Gasteiger partial charge in [-0.2, -0.15) is 0 Å². The maximum absolute atomic E-state index is 12.0. The fraction of sp³-hybridized carbons (Fsp3) is 0.471. The van der Waals surface area contributed by atoms with Crippen molar-refractivity contribution in [2.75, 3.05) is 13.1 Å². The van der Waals surface area contributed by atoms with Gasteiger partial charge in [-0.1, -0.05) is 18.2 Å². The summed E-state index contributed by atoms with van der Waals surface area (Å²) in [6, 6.07) is 8.36. The van der Waals surface area contributed by atoms with Crippen LogP contribution in [-0.4, -0.2) is 19.0 Å². The third kappa shape index (κ3) is 3.83. The summed E-state index contributed by atoms with van der Waals surface area (Å²) in [5, 5.41) is 9.85. The van der Waals surface area contributed by atoms with E-state index in [4.69, 9.17) is 0 Å². The highest BCUT2D eigenvalue weighted by atomic mass is 32.1. The molecule has 1 aromatic carbocycles. The molecular formula is C17H22N2OS. The zero-order valence-electron chi connectivity index (χ0n) is 12.2. The monoisotopic (exact) mass is 302 g/mol. The molecule has 1 aliphatic heterocycles. The van der Waals surface area contributed by atoms with Gasteiger partial charge in [0.05, 0.1) is 0 Å². The maximum Gasteiger partial charge on any atom is 0.220 e. The van der Waals surface area contributed by atoms with E-state index in [1.54, 1.807) is 11.3 Å². The molecule has 3 rings (SSSR count). The van der Waals surface area contributed by atoms with Crippen molar-refractivity contribution in [2.45, 2.75) is 32.2 Å². The van der Waals surface area contributed by atoms with E-state index in [-0.39, 0.29) is 5.91 Å². The van der Waals surface area contributed by atoms with Crippen LogP contribution < -0.4 is 10.6 Å². The smallest absolute Gasteiger partial charge is 0.220 e. The quantitative estimate of drug-likeness (QED) is 0.890. The molecule has 1 aliphatic rings. The Labute approximate surface area is 129 Å². The standard InChI is InChI=1S/C17H22N2OS/c20-17(6-5-13-7-9-18-10-8-13)19-11-14-12-21-16-4-2-1-3-15(14)16/h1-4,12-13,18H,5-11H2,(H,19,20). The topological polar surface area (TPSA) is 41.1 Å². The van der Waals surface area contributed by atoms with Crippen LogP contribution in [0.2, 0.25) is 0 Å². The van der Waals surface area contributed by atoms with Crippen molar-refractivity contribution in [3.63, 3.8) is 0 Å². The van der Waals surface area contributed by atoms with Gasteiger partial charge >= 0.3 is 0 Å². The van der Waals surface area contributed by atoms with E-state index in [1.165, 1.54) is 28.5 Å². The molecule has 0 bridgehead atoms. The molecule has 2 aromatic rings. The molecule has 112 valence electrons. The molecule has 0 radical (unpaired) electrons. The van der Waals surface area contributed by atoms with Crippen molar-refractivity contribution in [1.82, 2.24) is 10.6 Å². The third-order valence-corrected chi connectivity index (χ3v) is 5.29. The minimum absolute atomic E-state index is 0.184. The summed E-state index contributed by atoms with van der Waals surface area (Å²) in [4.78, 5) is 12.0. The Hall–Kier alpha value is -1.39. The molecule has 1 saturated heterocycles. The number of carbonyl (C=O) groups is 1. The first-order valence-corrected chi connectivity index (χ1v) is 8.63. The van der Waals surface area contributed by atoms with Gasteiger partial charge in [0.15, 0.2) is 0 Å². The van der Waals surface area contributed by atoms with Crippen LogP contribution in [0.25, 0.3) is 10.1 Å². The van der Waals surface area contributed by atoms with E-state index in [1.807, 2.05) is 0 Å². The summed E-state index contributed by atoms with van der Waals surface area (Å²) in [7, 11) is 0. The highest BCUT2D eigenvalue weighted by Crippen LogP contribution is 2.25. The first kappa shape index (κ1) is 14.5. The van der Waals surface area contributed by atoms with Crippen LogP contribution in [0.4, 0.5) is 0 Å². The first-order valence-electron chi connectivity index (χ1n) is 7.75. The summed E-state index contributed by atoms with van der Waals surface area (Å²) in [6.45, 7) is 2.86. The van der Waals surface area contributed by atoms with Gasteiger partial charge in [-0.25, -0.2) is 0 Å². The van der Waals surface area contributed by atoms with Crippen molar-refractivity contribution in [3.05, 3.63) is 35.2 Å². The van der Waals surface area contributed by atoms with Crippen molar-refractivity contribution < 1.29 is 4.79 Å². The Bertz CT molecular complexity index is 602. The Balaban J connectivity index is 1.47. The Kier molecular flexibility index (Phi) is 4.88.